The van der Waals surface area contributed by atoms with Gasteiger partial charge in [-0.25, -0.2) is 5.01 Å². The summed E-state index contributed by atoms with van der Waals surface area (Å²) in [5.74, 6) is -7.55. The average molecular weight is 513 g/mol. The second kappa shape index (κ2) is 8.13. The van der Waals surface area contributed by atoms with Crippen LogP contribution >= 0.6 is 11.8 Å². The molecule has 1 amide bonds. The number of thioether (sulfide) groups is 1. The minimum atomic E-state index is -6.28. The van der Waals surface area contributed by atoms with Crippen molar-refractivity contribution in [2.24, 2.45) is 12.1 Å². The number of nitrogens with one attached hydrogen (secondary N) is 1. The molecule has 0 atom stereocenters. The fourth-order valence-corrected chi connectivity index (χ4v) is 4.13. The summed E-state index contributed by atoms with van der Waals surface area (Å²) in [5, 5.41) is 10.5. The Morgan fingerprint density at radius 1 is 1.12 bits per heavy atom. The van der Waals surface area contributed by atoms with Crippen molar-refractivity contribution in [3.63, 3.8) is 0 Å². The smallest absolute Gasteiger partial charge is 0.349 e. The third-order valence-electron chi connectivity index (χ3n) is 5.02. The number of halogens is 8. The van der Waals surface area contributed by atoms with E-state index < -0.39 is 35.4 Å². The molecular formula is C19H15F8N5OS. The van der Waals surface area contributed by atoms with Crippen molar-refractivity contribution in [1.82, 2.24) is 15.1 Å². The Balaban J connectivity index is 1.71. The predicted octanol–water partition coefficient (Wildman–Crippen LogP) is 4.86. The molecule has 0 saturated heterocycles. The first-order chi connectivity index (χ1) is 15.7. The summed E-state index contributed by atoms with van der Waals surface area (Å²) in [4.78, 5) is 12.3. The van der Waals surface area contributed by atoms with Crippen LogP contribution in [0.25, 0.3) is 0 Å². The molecule has 1 aliphatic heterocycles. The van der Waals surface area contributed by atoms with Crippen molar-refractivity contribution >= 4 is 28.5 Å². The number of benzene rings is 1. The number of anilines is 1. The summed E-state index contributed by atoms with van der Waals surface area (Å²) < 4.78 is 108. The van der Waals surface area contributed by atoms with Crippen LogP contribution in [0.1, 0.15) is 40.0 Å². The minimum absolute atomic E-state index is 0.0968. The van der Waals surface area contributed by atoms with Crippen LogP contribution in [0.4, 0.5) is 40.9 Å². The number of hydrogen-bond acceptors (Lipinski definition) is 5. The Kier molecular flexibility index (Phi) is 5.81. The molecule has 0 unspecified atom stereocenters. The van der Waals surface area contributed by atoms with E-state index in [1.165, 1.54) is 18.2 Å². The van der Waals surface area contributed by atoms with Gasteiger partial charge in [-0.3, -0.25) is 9.48 Å². The maximum Gasteiger partial charge on any atom is 0.459 e. The van der Waals surface area contributed by atoms with E-state index in [-0.39, 0.29) is 28.4 Å². The lowest BCUT2D eigenvalue weighted by Gasteiger charge is -2.21. The summed E-state index contributed by atoms with van der Waals surface area (Å²) in [7, 11) is 0.821. The molecule has 1 saturated carbocycles. The lowest BCUT2D eigenvalue weighted by Crippen LogP contribution is -2.36. The molecule has 1 fully saturated rings. The summed E-state index contributed by atoms with van der Waals surface area (Å²) in [6.45, 7) is 0. The lowest BCUT2D eigenvalue weighted by molar-refractivity contribution is -0.292. The van der Waals surface area contributed by atoms with Crippen molar-refractivity contribution in [2.45, 2.75) is 37.2 Å². The molecule has 34 heavy (non-hydrogen) atoms. The molecule has 15 heteroatoms. The second-order valence-corrected chi connectivity index (χ2v) is 8.58. The van der Waals surface area contributed by atoms with Crippen molar-refractivity contribution in [3.05, 3.63) is 46.6 Å². The number of aromatic nitrogens is 2. The number of alkyl halides is 8. The quantitative estimate of drug-likeness (QED) is 0.581. The Morgan fingerprint density at radius 3 is 2.38 bits per heavy atom. The highest BCUT2D eigenvalue weighted by Gasteiger charge is 2.64. The molecule has 6 nitrogen and oxygen atoms in total. The van der Waals surface area contributed by atoms with Crippen LogP contribution in [-0.4, -0.2) is 38.8 Å². The zero-order valence-electron chi connectivity index (χ0n) is 17.1. The van der Waals surface area contributed by atoms with Gasteiger partial charge in [-0.15, -0.1) is 0 Å². The van der Waals surface area contributed by atoms with Gasteiger partial charge in [0.2, 0.25) is 0 Å². The standard InChI is InChI=1S/C19H15F8N5OS/c1-31-16(12(18(22,23)24)13(29-31)17(20,21)19(25,26)27)32-8-34-15(30-32)10-4-2-3-9(7-10)14(33)28-11-5-6-11/h2-4,7,11H,5-6,8H2,1H3,(H,28,33). The van der Waals surface area contributed by atoms with Crippen LogP contribution in [0.15, 0.2) is 29.4 Å². The molecule has 2 aliphatic rings. The first-order valence-corrected chi connectivity index (χ1v) is 10.7. The minimum Gasteiger partial charge on any atom is -0.349 e. The fourth-order valence-electron chi connectivity index (χ4n) is 3.26. The van der Waals surface area contributed by atoms with Crippen LogP contribution in [0.2, 0.25) is 0 Å². The van der Waals surface area contributed by atoms with E-state index in [1.54, 1.807) is 6.07 Å². The Hall–Kier alpha value is -2.84. The molecule has 1 aliphatic carbocycles. The number of aryl methyl sites for hydroxylation is 1. The SMILES string of the molecule is Cn1nc(C(F)(F)C(F)(F)F)c(C(F)(F)F)c1N1CSC(c2cccc(C(=O)NC3CC3)c2)=N1. The summed E-state index contributed by atoms with van der Waals surface area (Å²) in [5.41, 5.74) is -4.01. The molecule has 2 aromatic rings. The van der Waals surface area contributed by atoms with Gasteiger partial charge in [0.25, 0.3) is 5.91 Å². The van der Waals surface area contributed by atoms with E-state index in [4.69, 9.17) is 0 Å². The van der Waals surface area contributed by atoms with Crippen LogP contribution < -0.4 is 10.3 Å². The zero-order valence-corrected chi connectivity index (χ0v) is 18.0. The van der Waals surface area contributed by atoms with Crippen LogP contribution in [0.3, 0.4) is 0 Å². The number of nitrogens with zero attached hydrogens (tertiary/aromatic N) is 4. The van der Waals surface area contributed by atoms with E-state index >= 15 is 0 Å². The molecule has 0 bridgehead atoms. The third-order valence-corrected chi connectivity index (χ3v) is 5.98. The first-order valence-electron chi connectivity index (χ1n) is 9.69. The second-order valence-electron chi connectivity index (χ2n) is 7.65. The molecule has 1 aromatic carbocycles. The van der Waals surface area contributed by atoms with E-state index in [9.17, 15) is 39.9 Å². The number of rotatable bonds is 5. The van der Waals surface area contributed by atoms with E-state index in [0.717, 1.165) is 31.7 Å². The summed E-state index contributed by atoms with van der Waals surface area (Å²) >= 11 is 0.921. The van der Waals surface area contributed by atoms with Gasteiger partial charge in [-0.1, -0.05) is 23.9 Å². The Labute approximate surface area is 191 Å². The molecule has 184 valence electrons. The topological polar surface area (TPSA) is 62.5 Å². The van der Waals surface area contributed by atoms with Gasteiger partial charge < -0.3 is 5.32 Å². The third kappa shape index (κ3) is 4.44. The first kappa shape index (κ1) is 24.3. The predicted molar refractivity (Wildman–Crippen MR) is 107 cm³/mol. The number of amides is 1. The normalized spacial score (nSPS) is 17.2. The van der Waals surface area contributed by atoms with Gasteiger partial charge in [0.1, 0.15) is 10.6 Å². The van der Waals surface area contributed by atoms with Crippen molar-refractivity contribution in [1.29, 1.82) is 0 Å². The van der Waals surface area contributed by atoms with Gasteiger partial charge in [0.15, 0.2) is 11.5 Å². The zero-order chi connectivity index (χ0) is 25.1. The maximum absolute atomic E-state index is 13.9. The van der Waals surface area contributed by atoms with Gasteiger partial charge in [-0.2, -0.15) is 45.3 Å². The molecule has 2 heterocycles. The lowest BCUT2D eigenvalue weighted by atomic mass is 10.1. The number of carbonyl (C=O) groups excluding carboxylic acids is 1. The highest BCUT2D eigenvalue weighted by molar-refractivity contribution is 8.14. The van der Waals surface area contributed by atoms with Gasteiger partial charge in [0, 0.05) is 24.2 Å². The van der Waals surface area contributed by atoms with Gasteiger partial charge >= 0.3 is 18.3 Å². The fraction of sp³-hybridized carbons (Fsp3) is 0.421. The molecular weight excluding hydrogens is 498 g/mol. The number of hydrazone groups is 1. The number of carbonyl (C=O) groups is 1. The van der Waals surface area contributed by atoms with Gasteiger partial charge in [-0.05, 0) is 25.0 Å². The van der Waals surface area contributed by atoms with Crippen LogP contribution in [-0.2, 0) is 19.1 Å². The molecule has 1 aromatic heterocycles. The molecule has 4 rings (SSSR count). The van der Waals surface area contributed by atoms with Crippen molar-refractivity contribution in [3.8, 4) is 0 Å². The Morgan fingerprint density at radius 2 is 1.79 bits per heavy atom. The van der Waals surface area contributed by atoms with E-state index in [0.29, 0.717) is 15.3 Å². The molecule has 1 N–H and O–H groups in total. The van der Waals surface area contributed by atoms with Gasteiger partial charge in [0.05, 0.1) is 5.88 Å². The number of hydrogen-bond donors (Lipinski definition) is 1. The average Bonchev–Trinajstić information content (AvgIpc) is 3.27. The van der Waals surface area contributed by atoms with E-state index in [2.05, 4.69) is 15.5 Å². The molecule has 0 spiro atoms. The van der Waals surface area contributed by atoms with Crippen molar-refractivity contribution in [2.75, 3.05) is 10.9 Å². The molecule has 0 radical (unpaired) electrons. The van der Waals surface area contributed by atoms with Crippen LogP contribution in [0.5, 0.6) is 0 Å². The Bertz CT molecular complexity index is 1150. The van der Waals surface area contributed by atoms with E-state index in [1.807, 2.05) is 0 Å². The highest BCUT2D eigenvalue weighted by Crippen LogP contribution is 2.50. The monoisotopic (exact) mass is 513 g/mol. The van der Waals surface area contributed by atoms with Crippen molar-refractivity contribution < 1.29 is 39.9 Å². The van der Waals surface area contributed by atoms with Crippen LogP contribution in [0, 0.1) is 0 Å². The summed E-state index contributed by atoms with van der Waals surface area (Å²) in [6, 6.07) is 6.17. The highest BCUT2D eigenvalue weighted by atomic mass is 32.2. The maximum atomic E-state index is 13.9. The summed E-state index contributed by atoms with van der Waals surface area (Å²) in [6.07, 6.45) is -10.1. The largest absolute Gasteiger partial charge is 0.459 e.